The summed E-state index contributed by atoms with van der Waals surface area (Å²) in [6, 6.07) is 13.8. The minimum atomic E-state index is -3.23. The van der Waals surface area contributed by atoms with Gasteiger partial charge in [0.2, 0.25) is 0 Å². The first-order chi connectivity index (χ1) is 9.30. The summed E-state index contributed by atoms with van der Waals surface area (Å²) in [5.41, 5.74) is 1.24. The average Bonchev–Trinajstić information content (AvgIpc) is 2.85. The summed E-state index contributed by atoms with van der Waals surface area (Å²) in [6.07, 6.45) is 0. The van der Waals surface area contributed by atoms with Crippen molar-refractivity contribution < 1.29 is 8.42 Å². The van der Waals surface area contributed by atoms with Gasteiger partial charge in [-0.2, -0.15) is 0 Å². The Labute approximate surface area is 129 Å². The van der Waals surface area contributed by atoms with E-state index in [1.165, 1.54) is 16.9 Å². The normalized spacial score (nSPS) is 12.6. The third-order valence-corrected chi connectivity index (χ3v) is 8.21. The van der Waals surface area contributed by atoms with Crippen molar-refractivity contribution in [2.45, 2.75) is 39.7 Å². The van der Waals surface area contributed by atoms with Crippen molar-refractivity contribution in [1.82, 2.24) is 0 Å². The fraction of sp³-hybridized carbons (Fsp3) is 0.333. The third-order valence-electron chi connectivity index (χ3n) is 2.85. The number of sulfone groups is 1. The molecule has 0 aliphatic carbocycles. The van der Waals surface area contributed by atoms with E-state index in [9.17, 15) is 8.42 Å². The van der Waals surface area contributed by atoms with Gasteiger partial charge in [-0.3, -0.25) is 0 Å². The Bertz CT molecular complexity index is 665. The SMILES string of the molecule is CC(C)(C)S(=O)(=O)c1ccc(SCc2ccccc2)s1. The summed E-state index contributed by atoms with van der Waals surface area (Å²) in [5, 5.41) is 0. The fourth-order valence-corrected chi connectivity index (χ4v) is 5.84. The monoisotopic (exact) mass is 326 g/mol. The maximum atomic E-state index is 12.3. The Kier molecular flexibility index (Phi) is 4.62. The van der Waals surface area contributed by atoms with Gasteiger partial charge >= 0.3 is 0 Å². The zero-order valence-corrected chi connectivity index (χ0v) is 14.2. The molecule has 0 saturated carbocycles. The van der Waals surface area contributed by atoms with Crippen LogP contribution in [0.5, 0.6) is 0 Å². The molecule has 0 unspecified atom stereocenters. The fourth-order valence-electron chi connectivity index (χ4n) is 1.56. The van der Waals surface area contributed by atoms with Crippen LogP contribution in [0.4, 0.5) is 0 Å². The van der Waals surface area contributed by atoms with Gasteiger partial charge in [-0.25, -0.2) is 8.42 Å². The zero-order chi connectivity index (χ0) is 14.8. The molecule has 0 N–H and O–H groups in total. The van der Waals surface area contributed by atoms with E-state index in [-0.39, 0.29) is 0 Å². The van der Waals surface area contributed by atoms with Crippen molar-refractivity contribution >= 4 is 32.9 Å². The van der Waals surface area contributed by atoms with Gasteiger partial charge in [0.15, 0.2) is 9.84 Å². The highest BCUT2D eigenvalue weighted by Crippen LogP contribution is 2.35. The molecule has 0 saturated heterocycles. The van der Waals surface area contributed by atoms with Crippen LogP contribution in [0, 0.1) is 0 Å². The Morgan fingerprint density at radius 2 is 1.70 bits per heavy atom. The highest BCUT2D eigenvalue weighted by molar-refractivity contribution is 8.01. The van der Waals surface area contributed by atoms with Crippen molar-refractivity contribution in [3.63, 3.8) is 0 Å². The van der Waals surface area contributed by atoms with Gasteiger partial charge < -0.3 is 0 Å². The Balaban J connectivity index is 2.11. The summed E-state index contributed by atoms with van der Waals surface area (Å²) in [6.45, 7) is 5.20. The first-order valence-corrected chi connectivity index (χ1v) is 9.60. The van der Waals surface area contributed by atoms with Gasteiger partial charge in [0, 0.05) is 5.75 Å². The molecule has 108 valence electrons. The van der Waals surface area contributed by atoms with E-state index in [2.05, 4.69) is 12.1 Å². The average molecular weight is 327 g/mol. The van der Waals surface area contributed by atoms with Gasteiger partial charge in [-0.05, 0) is 38.5 Å². The molecule has 5 heteroatoms. The lowest BCUT2D eigenvalue weighted by Gasteiger charge is -2.17. The van der Waals surface area contributed by atoms with Crippen LogP contribution in [0.25, 0.3) is 0 Å². The quantitative estimate of drug-likeness (QED) is 0.769. The second-order valence-electron chi connectivity index (χ2n) is 5.46. The van der Waals surface area contributed by atoms with Crippen LogP contribution >= 0.6 is 23.1 Å². The first kappa shape index (κ1) is 15.6. The predicted molar refractivity (Wildman–Crippen MR) is 87.3 cm³/mol. The molecule has 1 heterocycles. The zero-order valence-electron chi connectivity index (χ0n) is 11.8. The van der Waals surface area contributed by atoms with E-state index in [4.69, 9.17) is 0 Å². The number of rotatable bonds is 4. The van der Waals surface area contributed by atoms with E-state index in [1.807, 2.05) is 24.3 Å². The number of thioether (sulfide) groups is 1. The topological polar surface area (TPSA) is 34.1 Å². The number of hydrogen-bond donors (Lipinski definition) is 0. The van der Waals surface area contributed by atoms with Gasteiger partial charge in [-0.1, -0.05) is 30.3 Å². The van der Waals surface area contributed by atoms with Crippen molar-refractivity contribution in [2.75, 3.05) is 0 Å². The highest BCUT2D eigenvalue weighted by atomic mass is 32.2. The molecule has 2 nitrogen and oxygen atoms in total. The van der Waals surface area contributed by atoms with Crippen LogP contribution in [0.15, 0.2) is 50.9 Å². The minimum Gasteiger partial charge on any atom is -0.222 e. The molecule has 0 aliphatic rings. The van der Waals surface area contributed by atoms with Gasteiger partial charge in [-0.15, -0.1) is 23.1 Å². The van der Waals surface area contributed by atoms with Crippen molar-refractivity contribution in [2.24, 2.45) is 0 Å². The van der Waals surface area contributed by atoms with Gasteiger partial charge in [0.1, 0.15) is 4.21 Å². The Morgan fingerprint density at radius 3 is 2.30 bits per heavy atom. The Hall–Kier alpha value is -0.780. The van der Waals surface area contributed by atoms with Crippen LogP contribution in [0.3, 0.4) is 0 Å². The van der Waals surface area contributed by atoms with Gasteiger partial charge in [0.25, 0.3) is 0 Å². The van der Waals surface area contributed by atoms with Crippen molar-refractivity contribution in [1.29, 1.82) is 0 Å². The largest absolute Gasteiger partial charge is 0.222 e. The summed E-state index contributed by atoms with van der Waals surface area (Å²) >= 11 is 3.04. The number of hydrogen-bond acceptors (Lipinski definition) is 4. The van der Waals surface area contributed by atoms with E-state index >= 15 is 0 Å². The van der Waals surface area contributed by atoms with E-state index in [0.29, 0.717) is 4.21 Å². The van der Waals surface area contributed by atoms with Crippen LogP contribution in [-0.2, 0) is 15.6 Å². The molecule has 0 spiro atoms. The molecular weight excluding hydrogens is 308 g/mol. The molecule has 2 aromatic rings. The molecule has 0 fully saturated rings. The number of thiophene rings is 1. The van der Waals surface area contributed by atoms with E-state index < -0.39 is 14.6 Å². The molecule has 0 radical (unpaired) electrons. The van der Waals surface area contributed by atoms with Crippen molar-refractivity contribution in [3.8, 4) is 0 Å². The van der Waals surface area contributed by atoms with E-state index in [0.717, 1.165) is 9.96 Å². The van der Waals surface area contributed by atoms with Crippen LogP contribution < -0.4 is 0 Å². The molecule has 1 aromatic heterocycles. The summed E-state index contributed by atoms with van der Waals surface area (Å²) < 4.78 is 25.4. The molecule has 0 atom stereocenters. The molecule has 0 amide bonds. The second-order valence-corrected chi connectivity index (χ2v) is 10.8. The summed E-state index contributed by atoms with van der Waals surface area (Å²) in [5.74, 6) is 0.857. The standard InChI is InChI=1S/C15H18O2S3/c1-15(2,3)20(16,17)14-10-9-13(19-14)18-11-12-7-5-4-6-8-12/h4-10H,11H2,1-3H3. The first-order valence-electron chi connectivity index (χ1n) is 6.32. The molecule has 1 aromatic carbocycles. The lowest BCUT2D eigenvalue weighted by atomic mass is 10.2. The lowest BCUT2D eigenvalue weighted by molar-refractivity contribution is 0.562. The number of benzene rings is 1. The predicted octanol–water partition coefficient (Wildman–Crippen LogP) is 4.61. The second kappa shape index (κ2) is 5.92. The third kappa shape index (κ3) is 3.45. The van der Waals surface area contributed by atoms with Crippen LogP contribution in [0.1, 0.15) is 26.3 Å². The smallest absolute Gasteiger partial charge is 0.192 e. The minimum absolute atomic E-state index is 0.459. The molecule has 2 rings (SSSR count). The van der Waals surface area contributed by atoms with Crippen molar-refractivity contribution in [3.05, 3.63) is 48.0 Å². The molecule has 0 bridgehead atoms. The molecule has 0 aliphatic heterocycles. The van der Waals surface area contributed by atoms with Crippen LogP contribution in [0.2, 0.25) is 0 Å². The maximum Gasteiger partial charge on any atom is 0.192 e. The highest BCUT2D eigenvalue weighted by Gasteiger charge is 2.32. The Morgan fingerprint density at radius 1 is 1.05 bits per heavy atom. The lowest BCUT2D eigenvalue weighted by Crippen LogP contribution is -2.27. The molecule has 20 heavy (non-hydrogen) atoms. The summed E-state index contributed by atoms with van der Waals surface area (Å²) in [4.78, 5) is 0. The molecular formula is C15H18O2S3. The maximum absolute atomic E-state index is 12.3. The van der Waals surface area contributed by atoms with E-state index in [1.54, 1.807) is 38.6 Å². The van der Waals surface area contributed by atoms with Crippen LogP contribution in [-0.4, -0.2) is 13.2 Å². The summed E-state index contributed by atoms with van der Waals surface area (Å²) in [7, 11) is -3.23. The van der Waals surface area contributed by atoms with Gasteiger partial charge in [0.05, 0.1) is 8.96 Å².